The summed E-state index contributed by atoms with van der Waals surface area (Å²) < 4.78 is 10.6. The summed E-state index contributed by atoms with van der Waals surface area (Å²) in [6, 6.07) is 20.8. The number of carbonyl (C=O) groups excluding carboxylic acids is 1. The lowest BCUT2D eigenvalue weighted by atomic mass is 10.3. The van der Waals surface area contributed by atoms with E-state index in [9.17, 15) is 9.59 Å². The lowest BCUT2D eigenvalue weighted by Crippen LogP contribution is -2.33. The second kappa shape index (κ2) is 8.74. The standard InChI is InChI=1S/C26H18N4O3S3/c1-15-22(25(32)30(28(15)2)16-8-4-3-5-9-16)29-24(31)21(36-26(29)34)14-17-12-13-19(33-17)23-27-18-10-6-7-11-20(18)35-23/h3-14H,1-2H3/b21-14+. The first-order valence-electron chi connectivity index (χ1n) is 11.0. The molecule has 6 rings (SSSR count). The Kier molecular flexibility index (Phi) is 5.51. The van der Waals surface area contributed by atoms with Crippen LogP contribution in [0.2, 0.25) is 0 Å². The number of anilines is 1. The summed E-state index contributed by atoms with van der Waals surface area (Å²) in [6.45, 7) is 1.80. The third kappa shape index (κ3) is 3.65. The van der Waals surface area contributed by atoms with Crippen LogP contribution in [0, 0.1) is 6.92 Å². The zero-order valence-corrected chi connectivity index (χ0v) is 21.6. The molecule has 178 valence electrons. The maximum atomic E-state index is 13.4. The number of aromatic nitrogens is 3. The minimum absolute atomic E-state index is 0.252. The van der Waals surface area contributed by atoms with Gasteiger partial charge in [0.2, 0.25) is 0 Å². The number of rotatable bonds is 4. The Morgan fingerprint density at radius 2 is 1.75 bits per heavy atom. The van der Waals surface area contributed by atoms with Gasteiger partial charge in [-0.15, -0.1) is 11.3 Å². The van der Waals surface area contributed by atoms with E-state index in [1.807, 2.05) is 60.7 Å². The van der Waals surface area contributed by atoms with Crippen molar-refractivity contribution >= 4 is 67.5 Å². The van der Waals surface area contributed by atoms with Crippen LogP contribution in [0.1, 0.15) is 11.5 Å². The number of para-hydroxylation sites is 2. The van der Waals surface area contributed by atoms with Crippen molar-refractivity contribution in [2.75, 3.05) is 4.90 Å². The fourth-order valence-corrected chi connectivity index (χ4v) is 6.30. The van der Waals surface area contributed by atoms with E-state index in [0.29, 0.717) is 32.1 Å². The summed E-state index contributed by atoms with van der Waals surface area (Å²) in [5, 5.41) is 0.768. The van der Waals surface area contributed by atoms with Gasteiger partial charge in [-0.1, -0.05) is 54.3 Å². The molecule has 1 fully saturated rings. The van der Waals surface area contributed by atoms with Crippen molar-refractivity contribution in [1.29, 1.82) is 0 Å². The third-order valence-electron chi connectivity index (χ3n) is 5.95. The highest BCUT2D eigenvalue weighted by Crippen LogP contribution is 2.37. The van der Waals surface area contributed by atoms with Crippen LogP contribution < -0.4 is 10.5 Å². The largest absolute Gasteiger partial charge is 0.454 e. The van der Waals surface area contributed by atoms with Gasteiger partial charge in [-0.25, -0.2) is 9.67 Å². The van der Waals surface area contributed by atoms with Gasteiger partial charge < -0.3 is 4.42 Å². The van der Waals surface area contributed by atoms with Crippen LogP contribution in [0.3, 0.4) is 0 Å². The fourth-order valence-electron chi connectivity index (χ4n) is 4.12. The van der Waals surface area contributed by atoms with Crippen molar-refractivity contribution in [3.63, 3.8) is 0 Å². The number of hydrogen-bond acceptors (Lipinski definition) is 7. The number of thioether (sulfide) groups is 1. The van der Waals surface area contributed by atoms with Gasteiger partial charge in [-0.3, -0.25) is 19.2 Å². The molecule has 4 heterocycles. The average Bonchev–Trinajstić information content (AvgIpc) is 3.62. The fraction of sp³-hybridized carbons (Fsp3) is 0.0769. The van der Waals surface area contributed by atoms with Gasteiger partial charge >= 0.3 is 0 Å². The number of hydrogen-bond donors (Lipinski definition) is 0. The molecule has 0 N–H and O–H groups in total. The Bertz CT molecular complexity index is 1720. The van der Waals surface area contributed by atoms with Crippen molar-refractivity contribution in [2.45, 2.75) is 6.92 Å². The van der Waals surface area contributed by atoms with Crippen LogP contribution in [-0.4, -0.2) is 24.6 Å². The van der Waals surface area contributed by atoms with E-state index >= 15 is 0 Å². The van der Waals surface area contributed by atoms with Gasteiger partial charge in [0.15, 0.2) is 15.1 Å². The monoisotopic (exact) mass is 530 g/mol. The van der Waals surface area contributed by atoms with Crippen LogP contribution in [-0.2, 0) is 11.8 Å². The highest BCUT2D eigenvalue weighted by Gasteiger charge is 2.38. The molecule has 0 spiro atoms. The lowest BCUT2D eigenvalue weighted by Gasteiger charge is -2.12. The molecule has 1 amide bonds. The van der Waals surface area contributed by atoms with Crippen molar-refractivity contribution < 1.29 is 9.21 Å². The first-order chi connectivity index (χ1) is 17.4. The minimum atomic E-state index is -0.353. The number of fused-ring (bicyclic) bond motifs is 1. The van der Waals surface area contributed by atoms with Gasteiger partial charge in [-0.2, -0.15) is 0 Å². The molecule has 0 atom stereocenters. The van der Waals surface area contributed by atoms with Crippen molar-refractivity contribution in [3.8, 4) is 16.5 Å². The molecule has 1 saturated heterocycles. The average molecular weight is 531 g/mol. The quantitative estimate of drug-likeness (QED) is 0.217. The Morgan fingerprint density at radius 3 is 2.53 bits per heavy atom. The summed E-state index contributed by atoms with van der Waals surface area (Å²) in [6.07, 6.45) is 1.66. The van der Waals surface area contributed by atoms with Crippen LogP contribution >= 0.6 is 35.3 Å². The molecule has 1 aliphatic heterocycles. The Hall–Kier alpha value is -3.73. The third-order valence-corrected chi connectivity index (χ3v) is 8.30. The molecule has 5 aromatic rings. The normalized spacial score (nSPS) is 15.1. The summed E-state index contributed by atoms with van der Waals surface area (Å²) in [4.78, 5) is 33.2. The Morgan fingerprint density at radius 1 is 1.00 bits per heavy atom. The number of furan rings is 1. The SMILES string of the molecule is Cc1c(N2C(=O)/C(=C\c3ccc(-c4nc5ccccc5s4)o3)SC2=S)c(=O)n(-c2ccccc2)n1C. The van der Waals surface area contributed by atoms with E-state index < -0.39 is 0 Å². The van der Waals surface area contributed by atoms with E-state index in [-0.39, 0.29) is 17.2 Å². The minimum Gasteiger partial charge on any atom is -0.454 e. The van der Waals surface area contributed by atoms with E-state index in [1.165, 1.54) is 9.58 Å². The van der Waals surface area contributed by atoms with Gasteiger partial charge in [0.05, 0.1) is 26.5 Å². The van der Waals surface area contributed by atoms with Crippen LogP contribution in [0.4, 0.5) is 5.69 Å². The van der Waals surface area contributed by atoms with Gasteiger partial charge in [0.1, 0.15) is 11.4 Å². The van der Waals surface area contributed by atoms with Crippen molar-refractivity contribution in [1.82, 2.24) is 14.3 Å². The number of thiocarbonyl (C=S) groups is 1. The maximum Gasteiger partial charge on any atom is 0.296 e. The predicted molar refractivity (Wildman–Crippen MR) is 149 cm³/mol. The van der Waals surface area contributed by atoms with Gasteiger partial charge in [0, 0.05) is 13.1 Å². The van der Waals surface area contributed by atoms with E-state index in [4.69, 9.17) is 16.6 Å². The number of benzene rings is 2. The summed E-state index contributed by atoms with van der Waals surface area (Å²) in [7, 11) is 1.78. The summed E-state index contributed by atoms with van der Waals surface area (Å²) in [5.74, 6) is 0.785. The molecule has 2 aromatic carbocycles. The Labute approximate surface area is 219 Å². The molecule has 0 aliphatic carbocycles. The molecular formula is C26H18N4O3S3. The van der Waals surface area contributed by atoms with Crippen LogP contribution in [0.25, 0.3) is 32.7 Å². The van der Waals surface area contributed by atoms with E-state index in [2.05, 4.69) is 4.98 Å². The lowest BCUT2D eigenvalue weighted by molar-refractivity contribution is -0.113. The van der Waals surface area contributed by atoms with Gasteiger partial charge in [0.25, 0.3) is 11.5 Å². The Balaban J connectivity index is 1.33. The number of amides is 1. The first-order valence-corrected chi connectivity index (χ1v) is 13.0. The summed E-state index contributed by atoms with van der Waals surface area (Å²) >= 11 is 8.22. The van der Waals surface area contributed by atoms with Crippen LogP contribution in [0.15, 0.2) is 80.8 Å². The van der Waals surface area contributed by atoms with E-state index in [0.717, 1.165) is 27.0 Å². The highest BCUT2D eigenvalue weighted by atomic mass is 32.2. The topological polar surface area (TPSA) is 73.3 Å². The number of nitrogens with zero attached hydrogens (tertiary/aromatic N) is 4. The molecule has 36 heavy (non-hydrogen) atoms. The molecule has 1 aliphatic rings. The predicted octanol–water partition coefficient (Wildman–Crippen LogP) is 5.76. The zero-order valence-electron chi connectivity index (χ0n) is 19.2. The highest BCUT2D eigenvalue weighted by molar-refractivity contribution is 8.27. The number of thiazole rings is 1. The molecule has 0 radical (unpaired) electrons. The van der Waals surface area contributed by atoms with Crippen molar-refractivity contribution in [3.05, 3.63) is 93.4 Å². The zero-order chi connectivity index (χ0) is 25.0. The van der Waals surface area contributed by atoms with Crippen LogP contribution in [0.5, 0.6) is 0 Å². The first kappa shape index (κ1) is 22.7. The van der Waals surface area contributed by atoms with E-state index in [1.54, 1.807) is 42.1 Å². The molecule has 0 saturated carbocycles. The molecule has 10 heteroatoms. The summed E-state index contributed by atoms with van der Waals surface area (Å²) in [5.41, 5.74) is 2.20. The molecule has 0 unspecified atom stereocenters. The molecule has 3 aromatic heterocycles. The molecule has 7 nitrogen and oxygen atoms in total. The maximum absolute atomic E-state index is 13.4. The second-order valence-corrected chi connectivity index (χ2v) is 10.8. The smallest absolute Gasteiger partial charge is 0.296 e. The number of carbonyl (C=O) groups is 1. The molecule has 0 bridgehead atoms. The van der Waals surface area contributed by atoms with Gasteiger partial charge in [-0.05, 0) is 43.3 Å². The second-order valence-electron chi connectivity index (χ2n) is 8.12. The molecular weight excluding hydrogens is 513 g/mol. The van der Waals surface area contributed by atoms with Crippen molar-refractivity contribution in [2.24, 2.45) is 7.05 Å².